The van der Waals surface area contributed by atoms with Crippen LogP contribution in [0.1, 0.15) is 57.9 Å². The number of amides is 2. The van der Waals surface area contributed by atoms with Crippen molar-refractivity contribution in [2.75, 3.05) is 24.2 Å². The predicted molar refractivity (Wildman–Crippen MR) is 118 cm³/mol. The molecule has 2 amide bonds. The van der Waals surface area contributed by atoms with Gasteiger partial charge in [0.25, 0.3) is 0 Å². The summed E-state index contributed by atoms with van der Waals surface area (Å²) in [5, 5.41) is 3.13. The lowest BCUT2D eigenvalue weighted by molar-refractivity contribution is -0.133. The van der Waals surface area contributed by atoms with Gasteiger partial charge in [-0.05, 0) is 43.9 Å². The summed E-state index contributed by atoms with van der Waals surface area (Å²) in [5.41, 5.74) is 0.424. The molecular formula is C22H33N3O4S. The normalized spacial score (nSPS) is 24.5. The van der Waals surface area contributed by atoms with E-state index in [4.69, 9.17) is 0 Å². The van der Waals surface area contributed by atoms with Crippen LogP contribution in [0.5, 0.6) is 0 Å². The molecule has 1 aromatic carbocycles. The molecule has 7 nitrogen and oxygen atoms in total. The van der Waals surface area contributed by atoms with Crippen LogP contribution in [0.4, 0.5) is 5.69 Å². The Kier molecular flexibility index (Phi) is 6.87. The fourth-order valence-corrected chi connectivity index (χ4v) is 5.28. The molecule has 0 spiro atoms. The van der Waals surface area contributed by atoms with Crippen LogP contribution in [0.25, 0.3) is 0 Å². The lowest BCUT2D eigenvalue weighted by Crippen LogP contribution is -2.70. The highest BCUT2D eigenvalue weighted by atomic mass is 32.2. The molecule has 1 aliphatic heterocycles. The third kappa shape index (κ3) is 4.86. The van der Waals surface area contributed by atoms with Gasteiger partial charge < -0.3 is 5.32 Å². The second-order valence-electron chi connectivity index (χ2n) is 8.72. The second kappa shape index (κ2) is 9.06. The number of carbonyl (C=O) groups excluding carboxylic acids is 2. The Hall–Kier alpha value is -1.93. The number of hydrogen-bond donors (Lipinski definition) is 1. The summed E-state index contributed by atoms with van der Waals surface area (Å²) in [4.78, 5) is 28.1. The van der Waals surface area contributed by atoms with Crippen LogP contribution in [-0.2, 0) is 26.0 Å². The van der Waals surface area contributed by atoms with Crippen LogP contribution in [-0.4, -0.2) is 55.5 Å². The molecular weight excluding hydrogens is 402 g/mol. The summed E-state index contributed by atoms with van der Waals surface area (Å²) in [6.45, 7) is 3.39. The molecule has 1 atom stereocenters. The molecule has 1 saturated carbocycles. The molecule has 1 heterocycles. The number of nitrogens with zero attached hydrogens (tertiary/aromatic N) is 2. The monoisotopic (exact) mass is 435 g/mol. The van der Waals surface area contributed by atoms with Crippen LogP contribution >= 0.6 is 0 Å². The van der Waals surface area contributed by atoms with Gasteiger partial charge in [-0.2, -0.15) is 4.31 Å². The van der Waals surface area contributed by atoms with Gasteiger partial charge in [-0.25, -0.2) is 8.42 Å². The van der Waals surface area contributed by atoms with Gasteiger partial charge >= 0.3 is 0 Å². The Balaban J connectivity index is 1.95. The third-order valence-electron chi connectivity index (χ3n) is 6.29. The lowest BCUT2D eigenvalue weighted by Gasteiger charge is -2.47. The van der Waals surface area contributed by atoms with Gasteiger partial charge in [-0.3, -0.25) is 14.5 Å². The third-order valence-corrected chi connectivity index (χ3v) is 7.49. The minimum atomic E-state index is -3.61. The van der Waals surface area contributed by atoms with Crippen LogP contribution in [0.3, 0.4) is 0 Å². The number of nitrogens with one attached hydrogen (secondary N) is 1. The Morgan fingerprint density at radius 1 is 1.13 bits per heavy atom. The first-order valence-electron chi connectivity index (χ1n) is 10.8. The smallest absolute Gasteiger partial charge is 0.247 e. The zero-order valence-electron chi connectivity index (χ0n) is 18.2. The number of anilines is 1. The molecule has 2 fully saturated rings. The number of sulfonamides is 1. The van der Waals surface area contributed by atoms with E-state index < -0.39 is 21.5 Å². The Morgan fingerprint density at radius 3 is 2.27 bits per heavy atom. The van der Waals surface area contributed by atoms with E-state index in [0.29, 0.717) is 5.69 Å². The van der Waals surface area contributed by atoms with Gasteiger partial charge in [0.2, 0.25) is 21.8 Å². The summed E-state index contributed by atoms with van der Waals surface area (Å²) in [6, 6.07) is 7.61. The van der Waals surface area contributed by atoms with Crippen LogP contribution < -0.4 is 10.2 Å². The van der Waals surface area contributed by atoms with E-state index in [1.807, 2.05) is 24.3 Å². The number of carbonyl (C=O) groups is 2. The average molecular weight is 436 g/mol. The van der Waals surface area contributed by atoms with Gasteiger partial charge in [-0.15, -0.1) is 0 Å². The van der Waals surface area contributed by atoms with Crippen LogP contribution in [0, 0.1) is 0 Å². The largest absolute Gasteiger partial charge is 0.351 e. The second-order valence-corrected chi connectivity index (χ2v) is 10.7. The molecule has 0 unspecified atom stereocenters. The molecule has 166 valence electrons. The van der Waals surface area contributed by atoms with E-state index in [9.17, 15) is 18.0 Å². The number of piperazine rings is 1. The standard InChI is InChI=1S/C22H33N3O4S/c1-4-17-11-13-19(14-12-17)25-20(26)15-24(30(3,28)29)16-22(25,2)21(27)23-18-9-7-5-6-8-10-18/h11-14,18H,4-10,15-16H2,1-3H3,(H,23,27)/t22-/m0/s1. The molecule has 3 rings (SSSR count). The summed E-state index contributed by atoms with van der Waals surface area (Å²) in [6.07, 6.45) is 8.24. The van der Waals surface area contributed by atoms with Crippen LogP contribution in [0.2, 0.25) is 0 Å². The molecule has 30 heavy (non-hydrogen) atoms. The first kappa shape index (κ1) is 22.7. The van der Waals surface area contributed by atoms with Crippen molar-refractivity contribution in [1.82, 2.24) is 9.62 Å². The molecule has 0 radical (unpaired) electrons. The van der Waals surface area contributed by atoms with E-state index in [1.165, 1.54) is 17.7 Å². The highest BCUT2D eigenvalue weighted by molar-refractivity contribution is 7.88. The van der Waals surface area contributed by atoms with Gasteiger partial charge in [0.15, 0.2) is 0 Å². The number of rotatable bonds is 5. The van der Waals surface area contributed by atoms with E-state index in [2.05, 4.69) is 12.2 Å². The Bertz CT molecular complexity index is 876. The first-order chi connectivity index (χ1) is 14.1. The molecule has 1 N–H and O–H groups in total. The first-order valence-corrected chi connectivity index (χ1v) is 12.7. The van der Waals surface area contributed by atoms with E-state index >= 15 is 0 Å². The van der Waals surface area contributed by atoms with E-state index in [0.717, 1.165) is 48.2 Å². The topological polar surface area (TPSA) is 86.8 Å². The van der Waals surface area contributed by atoms with Crippen molar-refractivity contribution in [3.05, 3.63) is 29.8 Å². The zero-order chi connectivity index (χ0) is 21.9. The maximum atomic E-state index is 13.5. The minimum absolute atomic E-state index is 0.0601. The van der Waals surface area contributed by atoms with Crippen molar-refractivity contribution in [3.63, 3.8) is 0 Å². The minimum Gasteiger partial charge on any atom is -0.351 e. The van der Waals surface area contributed by atoms with Gasteiger partial charge in [0.05, 0.1) is 12.8 Å². The van der Waals surface area contributed by atoms with Crippen molar-refractivity contribution < 1.29 is 18.0 Å². The molecule has 2 aliphatic rings. The number of benzene rings is 1. The van der Waals surface area contributed by atoms with Crippen molar-refractivity contribution in [3.8, 4) is 0 Å². The molecule has 1 aromatic rings. The maximum absolute atomic E-state index is 13.5. The molecule has 0 aromatic heterocycles. The number of aryl methyl sites for hydroxylation is 1. The maximum Gasteiger partial charge on any atom is 0.247 e. The van der Waals surface area contributed by atoms with Gasteiger partial charge in [-0.1, -0.05) is 44.7 Å². The van der Waals surface area contributed by atoms with Crippen molar-refractivity contribution >= 4 is 27.5 Å². The van der Waals surface area contributed by atoms with Crippen molar-refractivity contribution in [2.45, 2.75) is 70.4 Å². The molecule has 1 saturated heterocycles. The molecule has 0 bridgehead atoms. The SMILES string of the molecule is CCc1ccc(N2C(=O)CN(S(C)(=O)=O)C[C@@]2(C)C(=O)NC2CCCCCC2)cc1. The lowest BCUT2D eigenvalue weighted by atomic mass is 9.93. The average Bonchev–Trinajstić information content (AvgIpc) is 2.96. The highest BCUT2D eigenvalue weighted by Gasteiger charge is 2.50. The Morgan fingerprint density at radius 2 is 1.73 bits per heavy atom. The van der Waals surface area contributed by atoms with E-state index in [-0.39, 0.29) is 25.0 Å². The highest BCUT2D eigenvalue weighted by Crippen LogP contribution is 2.31. The molecule has 1 aliphatic carbocycles. The fraction of sp³-hybridized carbons (Fsp3) is 0.636. The quantitative estimate of drug-likeness (QED) is 0.720. The molecule has 8 heteroatoms. The summed E-state index contributed by atoms with van der Waals surface area (Å²) in [7, 11) is -3.61. The van der Waals surface area contributed by atoms with E-state index in [1.54, 1.807) is 6.92 Å². The summed E-state index contributed by atoms with van der Waals surface area (Å²) >= 11 is 0. The zero-order valence-corrected chi connectivity index (χ0v) is 19.0. The van der Waals surface area contributed by atoms with Crippen molar-refractivity contribution in [2.24, 2.45) is 0 Å². The number of hydrogen-bond acceptors (Lipinski definition) is 4. The van der Waals surface area contributed by atoms with Crippen molar-refractivity contribution in [1.29, 1.82) is 0 Å². The van der Waals surface area contributed by atoms with Crippen LogP contribution in [0.15, 0.2) is 24.3 Å². The van der Waals surface area contributed by atoms with Gasteiger partial charge in [0, 0.05) is 18.3 Å². The summed E-state index contributed by atoms with van der Waals surface area (Å²) in [5.74, 6) is -0.690. The Labute approximate surface area is 179 Å². The summed E-state index contributed by atoms with van der Waals surface area (Å²) < 4.78 is 25.6. The predicted octanol–water partition coefficient (Wildman–Crippen LogP) is 2.45. The van der Waals surface area contributed by atoms with Gasteiger partial charge in [0.1, 0.15) is 5.54 Å². The fourth-order valence-electron chi connectivity index (χ4n) is 4.45.